The van der Waals surface area contributed by atoms with E-state index < -0.39 is 35.8 Å². The number of aryl methyl sites for hydroxylation is 2. The molecule has 3 aromatic carbocycles. The van der Waals surface area contributed by atoms with Crippen LogP contribution in [0.4, 0.5) is 4.79 Å². The highest BCUT2D eigenvalue weighted by Crippen LogP contribution is 2.17. The molecule has 3 atom stereocenters. The Balaban J connectivity index is 1.44. The highest BCUT2D eigenvalue weighted by Gasteiger charge is 2.31. The second-order valence-electron chi connectivity index (χ2n) is 11.0. The second-order valence-corrected chi connectivity index (χ2v) is 11.0. The van der Waals surface area contributed by atoms with E-state index in [-0.39, 0.29) is 36.9 Å². The highest BCUT2D eigenvalue weighted by molar-refractivity contribution is 6.00. The molecule has 234 valence electrons. The van der Waals surface area contributed by atoms with Gasteiger partial charge in [0.25, 0.3) is 11.8 Å². The van der Waals surface area contributed by atoms with Crippen LogP contribution in [-0.2, 0) is 24.2 Å². The highest BCUT2D eigenvalue weighted by atomic mass is 16.4. The van der Waals surface area contributed by atoms with Crippen molar-refractivity contribution >= 4 is 23.7 Å². The minimum absolute atomic E-state index is 0.00923. The van der Waals surface area contributed by atoms with Crippen molar-refractivity contribution in [3.63, 3.8) is 0 Å². The Hall–Kier alpha value is -5.25. The molecular weight excluding hydrogens is 572 g/mol. The molecule has 10 heteroatoms. The fraction of sp³-hybridized carbons (Fsp3) is 0.286. The average molecular weight is 611 g/mol. The van der Waals surface area contributed by atoms with E-state index in [2.05, 4.69) is 20.9 Å². The summed E-state index contributed by atoms with van der Waals surface area (Å²) < 4.78 is 5.40. The van der Waals surface area contributed by atoms with Gasteiger partial charge in [0.15, 0.2) is 5.69 Å². The smallest absolute Gasteiger partial charge is 0.405 e. The van der Waals surface area contributed by atoms with E-state index in [0.29, 0.717) is 6.42 Å². The van der Waals surface area contributed by atoms with E-state index in [4.69, 9.17) is 4.42 Å². The number of ketones is 1. The molecule has 1 heterocycles. The number of nitrogens with zero attached hydrogens (tertiary/aromatic N) is 1. The number of oxazole rings is 1. The fourth-order valence-corrected chi connectivity index (χ4v) is 4.96. The molecule has 1 aromatic heterocycles. The second kappa shape index (κ2) is 16.6. The lowest BCUT2D eigenvalue weighted by molar-refractivity contribution is -0.124. The third-order valence-electron chi connectivity index (χ3n) is 7.46. The van der Waals surface area contributed by atoms with Gasteiger partial charge in [0.2, 0.25) is 11.7 Å². The number of Topliss-reactive ketones (excluding diaryl/α,β-unsaturated/α-hetero) is 1. The van der Waals surface area contributed by atoms with Crippen LogP contribution in [0.2, 0.25) is 0 Å². The number of hydrogen-bond acceptors (Lipinski definition) is 6. The summed E-state index contributed by atoms with van der Waals surface area (Å²) in [7, 11) is 0. The van der Waals surface area contributed by atoms with Crippen LogP contribution < -0.4 is 16.0 Å². The monoisotopic (exact) mass is 610 g/mol. The van der Waals surface area contributed by atoms with Gasteiger partial charge in [-0.3, -0.25) is 14.4 Å². The van der Waals surface area contributed by atoms with Crippen LogP contribution in [0.5, 0.6) is 0 Å². The van der Waals surface area contributed by atoms with Crippen molar-refractivity contribution in [2.24, 2.45) is 5.92 Å². The summed E-state index contributed by atoms with van der Waals surface area (Å²) in [6, 6.07) is 26.6. The number of rotatable bonds is 16. The molecule has 0 radical (unpaired) electrons. The Morgan fingerprint density at radius 2 is 1.31 bits per heavy atom. The lowest BCUT2D eigenvalue weighted by Crippen LogP contribution is -2.52. The molecule has 0 saturated carbocycles. The van der Waals surface area contributed by atoms with Crippen LogP contribution in [-0.4, -0.2) is 45.9 Å². The molecule has 10 nitrogen and oxygen atoms in total. The number of amides is 3. The van der Waals surface area contributed by atoms with E-state index in [0.717, 1.165) is 35.8 Å². The van der Waals surface area contributed by atoms with E-state index in [1.54, 1.807) is 0 Å². The van der Waals surface area contributed by atoms with Crippen molar-refractivity contribution in [3.05, 3.63) is 126 Å². The molecule has 0 aliphatic heterocycles. The largest absolute Gasteiger partial charge is 0.465 e. The van der Waals surface area contributed by atoms with Crippen molar-refractivity contribution in [1.82, 2.24) is 20.9 Å². The first kappa shape index (κ1) is 32.7. The van der Waals surface area contributed by atoms with Gasteiger partial charge in [-0.25, -0.2) is 9.78 Å². The maximum absolute atomic E-state index is 13.6. The molecule has 0 saturated heterocycles. The van der Waals surface area contributed by atoms with Gasteiger partial charge in [-0.15, -0.1) is 0 Å². The lowest BCUT2D eigenvalue weighted by Gasteiger charge is -2.23. The van der Waals surface area contributed by atoms with Crippen LogP contribution in [0.1, 0.15) is 64.1 Å². The van der Waals surface area contributed by atoms with Gasteiger partial charge >= 0.3 is 6.09 Å². The first-order valence-electron chi connectivity index (χ1n) is 15.0. The van der Waals surface area contributed by atoms with Crippen molar-refractivity contribution in [3.8, 4) is 0 Å². The summed E-state index contributed by atoms with van der Waals surface area (Å²) >= 11 is 0. The summed E-state index contributed by atoms with van der Waals surface area (Å²) in [6.07, 6.45) is 2.20. The normalized spacial score (nSPS) is 12.8. The van der Waals surface area contributed by atoms with E-state index >= 15 is 0 Å². The number of carbonyl (C=O) groups is 4. The Morgan fingerprint density at radius 3 is 1.89 bits per heavy atom. The van der Waals surface area contributed by atoms with Crippen LogP contribution in [0.15, 0.2) is 102 Å². The number of aromatic nitrogens is 1. The van der Waals surface area contributed by atoms with Crippen LogP contribution in [0.3, 0.4) is 0 Å². The van der Waals surface area contributed by atoms with Gasteiger partial charge in [-0.05, 0) is 54.7 Å². The maximum atomic E-state index is 13.6. The minimum Gasteiger partial charge on any atom is -0.465 e. The Morgan fingerprint density at radius 1 is 0.756 bits per heavy atom. The summed E-state index contributed by atoms with van der Waals surface area (Å²) in [5, 5.41) is 17.3. The Labute approximate surface area is 262 Å². The molecule has 0 spiro atoms. The maximum Gasteiger partial charge on any atom is 0.405 e. The Bertz CT molecular complexity index is 1540. The zero-order valence-corrected chi connectivity index (χ0v) is 25.1. The predicted molar refractivity (Wildman–Crippen MR) is 169 cm³/mol. The molecule has 0 aliphatic rings. The van der Waals surface area contributed by atoms with E-state index in [1.807, 2.05) is 97.9 Å². The van der Waals surface area contributed by atoms with Gasteiger partial charge in [0, 0.05) is 6.54 Å². The van der Waals surface area contributed by atoms with Gasteiger partial charge in [-0.1, -0.05) is 97.9 Å². The summed E-state index contributed by atoms with van der Waals surface area (Å²) in [4.78, 5) is 55.5. The fourth-order valence-electron chi connectivity index (χ4n) is 4.96. The average Bonchev–Trinajstić information content (AvgIpc) is 3.56. The standard InChI is InChI=1S/C35H38N4O6/c1-24(17-18-25-11-5-2-6-12-25)21-29(39-35(43)44)33(42)37-28(20-19-26-13-7-3-8-14-26)31(40)34-38-30(23-45-34)32(41)36-22-27-15-9-4-10-16-27/h2-16,23-24,28-29,39H,17-22H2,1H3,(H,36,41)(H,37,42)(H,43,44). The Kier molecular flexibility index (Phi) is 12.0. The lowest BCUT2D eigenvalue weighted by atomic mass is 9.94. The van der Waals surface area contributed by atoms with Crippen molar-refractivity contribution in [2.45, 2.75) is 57.7 Å². The summed E-state index contributed by atoms with van der Waals surface area (Å²) in [5.41, 5.74) is 2.93. The number of benzene rings is 3. The van der Waals surface area contributed by atoms with E-state index in [1.165, 1.54) is 0 Å². The number of nitrogens with one attached hydrogen (secondary N) is 3. The molecule has 3 amide bonds. The first-order valence-corrected chi connectivity index (χ1v) is 15.0. The molecule has 0 aliphatic carbocycles. The van der Waals surface area contributed by atoms with Crippen molar-refractivity contribution in [1.29, 1.82) is 0 Å². The molecule has 45 heavy (non-hydrogen) atoms. The number of hydrogen-bond donors (Lipinski definition) is 4. The third kappa shape index (κ3) is 10.5. The topological polar surface area (TPSA) is 151 Å². The quantitative estimate of drug-likeness (QED) is 0.127. The zero-order valence-electron chi connectivity index (χ0n) is 25.1. The molecule has 3 unspecified atom stereocenters. The number of carboxylic acid groups (broad SMARTS) is 1. The molecule has 4 aromatic rings. The molecular formula is C35H38N4O6. The van der Waals surface area contributed by atoms with Gasteiger partial charge < -0.3 is 25.5 Å². The van der Waals surface area contributed by atoms with Crippen molar-refractivity contribution in [2.75, 3.05) is 0 Å². The van der Waals surface area contributed by atoms with Crippen LogP contribution >= 0.6 is 0 Å². The van der Waals surface area contributed by atoms with E-state index in [9.17, 15) is 24.3 Å². The minimum atomic E-state index is -1.34. The molecule has 0 bridgehead atoms. The van der Waals surface area contributed by atoms with Gasteiger partial charge in [-0.2, -0.15) is 0 Å². The molecule has 0 fully saturated rings. The van der Waals surface area contributed by atoms with Gasteiger partial charge in [0.05, 0.1) is 6.04 Å². The molecule has 4 N–H and O–H groups in total. The van der Waals surface area contributed by atoms with Gasteiger partial charge in [0.1, 0.15) is 12.3 Å². The van der Waals surface area contributed by atoms with Crippen LogP contribution in [0, 0.1) is 5.92 Å². The first-order chi connectivity index (χ1) is 21.8. The molecule has 4 rings (SSSR count). The van der Waals surface area contributed by atoms with Crippen LogP contribution in [0.25, 0.3) is 0 Å². The van der Waals surface area contributed by atoms with Crippen molar-refractivity contribution < 1.29 is 28.7 Å². The third-order valence-corrected chi connectivity index (χ3v) is 7.46. The summed E-state index contributed by atoms with van der Waals surface area (Å²) in [5.74, 6) is -2.07. The zero-order chi connectivity index (χ0) is 32.0. The summed E-state index contributed by atoms with van der Waals surface area (Å²) in [6.45, 7) is 2.23. The number of carbonyl (C=O) groups excluding carboxylic acids is 3. The SMILES string of the molecule is CC(CCc1ccccc1)CC(NC(=O)O)C(=O)NC(CCc1ccccc1)C(=O)c1nc(C(=O)NCc2ccccc2)co1. The predicted octanol–water partition coefficient (Wildman–Crippen LogP) is 5.20.